The number of nitrogens with two attached hydrogens (primary N) is 1. The summed E-state index contributed by atoms with van der Waals surface area (Å²) in [6, 6.07) is 3.33. The Morgan fingerprint density at radius 1 is 1.33 bits per heavy atom. The van der Waals surface area contributed by atoms with E-state index in [0.717, 1.165) is 37.9 Å². The molecule has 2 atom stereocenters. The molecule has 2 saturated heterocycles. The van der Waals surface area contributed by atoms with Gasteiger partial charge in [-0.2, -0.15) is 0 Å². The van der Waals surface area contributed by atoms with Gasteiger partial charge in [-0.3, -0.25) is 4.90 Å². The number of aryl methyl sites for hydroxylation is 1. The number of hydrogen-bond donors (Lipinski definition) is 2. The van der Waals surface area contributed by atoms with Crippen molar-refractivity contribution in [3.8, 4) is 0 Å². The minimum absolute atomic E-state index is 0.0314. The molecule has 2 fully saturated rings. The average molecular weight is 330 g/mol. The molecule has 0 saturated carbocycles. The van der Waals surface area contributed by atoms with Gasteiger partial charge in [0.2, 0.25) is 10.0 Å². The Labute approximate surface area is 130 Å². The first-order valence-electron chi connectivity index (χ1n) is 7.20. The maximum absolute atomic E-state index is 12.6. The summed E-state index contributed by atoms with van der Waals surface area (Å²) in [5.74, 6) is 0. The van der Waals surface area contributed by atoms with Crippen LogP contribution in [0.4, 0.5) is 5.69 Å². The van der Waals surface area contributed by atoms with Crippen molar-refractivity contribution < 1.29 is 8.42 Å². The van der Waals surface area contributed by atoms with Crippen molar-refractivity contribution in [2.75, 3.05) is 18.8 Å². The molecular formula is C14H20ClN3O2S. The molecule has 0 aromatic heterocycles. The highest BCUT2D eigenvalue weighted by atomic mass is 35.5. The smallest absolute Gasteiger partial charge is 0.242 e. The molecule has 2 aliphatic rings. The Morgan fingerprint density at radius 2 is 2.10 bits per heavy atom. The normalized spacial score (nSPS) is 26.2. The second-order valence-electron chi connectivity index (χ2n) is 5.90. The highest BCUT2D eigenvalue weighted by Gasteiger charge is 2.39. The van der Waals surface area contributed by atoms with E-state index >= 15 is 0 Å². The minimum atomic E-state index is -3.64. The summed E-state index contributed by atoms with van der Waals surface area (Å²) in [5.41, 5.74) is 7.04. The van der Waals surface area contributed by atoms with E-state index in [0.29, 0.717) is 11.7 Å². The third-order valence-electron chi connectivity index (χ3n) is 4.52. The largest absolute Gasteiger partial charge is 0.398 e. The molecule has 0 aliphatic carbocycles. The van der Waals surface area contributed by atoms with E-state index in [1.165, 1.54) is 6.07 Å². The van der Waals surface area contributed by atoms with Gasteiger partial charge in [-0.25, -0.2) is 13.1 Å². The van der Waals surface area contributed by atoms with Crippen molar-refractivity contribution in [3.63, 3.8) is 0 Å². The predicted molar refractivity (Wildman–Crippen MR) is 83.9 cm³/mol. The number of fused-ring (bicyclic) bond motifs is 1. The maximum Gasteiger partial charge on any atom is 0.242 e. The van der Waals surface area contributed by atoms with Crippen LogP contribution in [0, 0.1) is 6.92 Å². The van der Waals surface area contributed by atoms with Gasteiger partial charge in [-0.1, -0.05) is 11.6 Å². The summed E-state index contributed by atoms with van der Waals surface area (Å²) >= 11 is 6.10. The first kappa shape index (κ1) is 15.1. The number of nitrogen functional groups attached to an aromatic ring is 1. The van der Waals surface area contributed by atoms with Gasteiger partial charge in [0.05, 0.1) is 5.02 Å². The molecule has 3 N–H and O–H groups in total. The number of rotatable bonds is 3. The third-order valence-corrected chi connectivity index (χ3v) is 6.48. The lowest BCUT2D eigenvalue weighted by Crippen LogP contribution is -2.42. The highest BCUT2D eigenvalue weighted by Crippen LogP contribution is 2.31. The minimum Gasteiger partial charge on any atom is -0.398 e. The topological polar surface area (TPSA) is 75.4 Å². The quantitative estimate of drug-likeness (QED) is 0.828. The molecule has 1 aromatic carbocycles. The summed E-state index contributed by atoms with van der Waals surface area (Å²) < 4.78 is 28.0. The SMILES string of the molecule is Cc1cc(Cl)c(S(=O)(=O)NC2CCN3CCCC23)cc1N. The Morgan fingerprint density at radius 3 is 2.86 bits per heavy atom. The number of hydrogen-bond acceptors (Lipinski definition) is 4. The van der Waals surface area contributed by atoms with Crippen LogP contribution in [-0.2, 0) is 10.0 Å². The van der Waals surface area contributed by atoms with Crippen molar-refractivity contribution in [1.29, 1.82) is 0 Å². The first-order valence-corrected chi connectivity index (χ1v) is 9.06. The van der Waals surface area contributed by atoms with Crippen molar-refractivity contribution in [1.82, 2.24) is 9.62 Å². The van der Waals surface area contributed by atoms with Gasteiger partial charge >= 0.3 is 0 Å². The maximum atomic E-state index is 12.6. The summed E-state index contributed by atoms with van der Waals surface area (Å²) in [6.07, 6.45) is 3.04. The molecule has 0 radical (unpaired) electrons. The molecule has 0 amide bonds. The van der Waals surface area contributed by atoms with Crippen LogP contribution in [0.25, 0.3) is 0 Å². The third kappa shape index (κ3) is 2.77. The summed E-state index contributed by atoms with van der Waals surface area (Å²) in [4.78, 5) is 2.43. The Kier molecular flexibility index (Phi) is 3.90. The van der Waals surface area contributed by atoms with Gasteiger partial charge in [0.1, 0.15) is 4.90 Å². The van der Waals surface area contributed by atoms with Gasteiger partial charge in [0, 0.05) is 24.3 Å². The number of sulfonamides is 1. The molecular weight excluding hydrogens is 310 g/mol. The van der Waals surface area contributed by atoms with Crippen molar-refractivity contribution in [2.24, 2.45) is 0 Å². The van der Waals surface area contributed by atoms with E-state index in [-0.39, 0.29) is 16.0 Å². The summed E-state index contributed by atoms with van der Waals surface area (Å²) in [6.45, 7) is 3.83. The number of nitrogens with zero attached hydrogens (tertiary/aromatic N) is 1. The number of halogens is 1. The molecule has 2 unspecified atom stereocenters. The molecule has 0 bridgehead atoms. The molecule has 7 heteroatoms. The molecule has 1 aromatic rings. The van der Waals surface area contributed by atoms with E-state index < -0.39 is 10.0 Å². The van der Waals surface area contributed by atoms with Gasteiger partial charge in [-0.05, 0) is 50.4 Å². The second kappa shape index (κ2) is 5.43. The van der Waals surface area contributed by atoms with Crippen LogP contribution in [0.2, 0.25) is 5.02 Å². The number of nitrogens with one attached hydrogen (secondary N) is 1. The van der Waals surface area contributed by atoms with E-state index in [1.54, 1.807) is 13.0 Å². The van der Waals surface area contributed by atoms with E-state index in [1.807, 2.05) is 0 Å². The van der Waals surface area contributed by atoms with Crippen LogP contribution >= 0.6 is 11.6 Å². The van der Waals surface area contributed by atoms with E-state index in [2.05, 4.69) is 9.62 Å². The molecule has 2 aliphatic heterocycles. The first-order chi connectivity index (χ1) is 9.88. The lowest BCUT2D eigenvalue weighted by atomic mass is 10.1. The van der Waals surface area contributed by atoms with Gasteiger partial charge in [0.15, 0.2) is 0 Å². The van der Waals surface area contributed by atoms with Gasteiger partial charge < -0.3 is 5.73 Å². The van der Waals surface area contributed by atoms with Crippen molar-refractivity contribution in [2.45, 2.75) is 43.2 Å². The molecule has 116 valence electrons. The fourth-order valence-electron chi connectivity index (χ4n) is 3.36. The molecule has 3 rings (SSSR count). The van der Waals surface area contributed by atoms with Gasteiger partial charge in [-0.15, -0.1) is 0 Å². The average Bonchev–Trinajstić information content (AvgIpc) is 2.98. The second-order valence-corrected chi connectivity index (χ2v) is 7.99. The Hall–Kier alpha value is -0.820. The Balaban J connectivity index is 1.86. The molecule has 0 spiro atoms. The van der Waals surface area contributed by atoms with Crippen molar-refractivity contribution in [3.05, 3.63) is 22.7 Å². The monoisotopic (exact) mass is 329 g/mol. The molecule has 2 heterocycles. The summed E-state index contributed by atoms with van der Waals surface area (Å²) in [7, 11) is -3.64. The van der Waals surface area contributed by atoms with E-state index in [9.17, 15) is 8.42 Å². The highest BCUT2D eigenvalue weighted by molar-refractivity contribution is 7.89. The van der Waals surface area contributed by atoms with Crippen LogP contribution in [0.15, 0.2) is 17.0 Å². The fraction of sp³-hybridized carbons (Fsp3) is 0.571. The predicted octanol–water partition coefficient (Wildman–Crippen LogP) is 1.75. The molecule has 21 heavy (non-hydrogen) atoms. The fourth-order valence-corrected chi connectivity index (χ4v) is 5.28. The van der Waals surface area contributed by atoms with Crippen LogP contribution in [0.1, 0.15) is 24.8 Å². The zero-order chi connectivity index (χ0) is 15.2. The zero-order valence-corrected chi connectivity index (χ0v) is 13.5. The standard InChI is InChI=1S/C14H20ClN3O2S/c1-9-7-10(15)14(8-11(9)16)21(19,20)17-12-4-6-18-5-2-3-13(12)18/h7-8,12-13,17H,2-6,16H2,1H3. The van der Waals surface area contributed by atoms with Crippen LogP contribution in [0.3, 0.4) is 0 Å². The molecule has 5 nitrogen and oxygen atoms in total. The number of benzene rings is 1. The number of anilines is 1. The Bertz CT molecular complexity index is 662. The van der Waals surface area contributed by atoms with Crippen molar-refractivity contribution >= 4 is 27.3 Å². The van der Waals surface area contributed by atoms with Crippen LogP contribution in [0.5, 0.6) is 0 Å². The lowest BCUT2D eigenvalue weighted by Gasteiger charge is -2.21. The van der Waals surface area contributed by atoms with Crippen LogP contribution in [-0.4, -0.2) is 38.5 Å². The lowest BCUT2D eigenvalue weighted by molar-refractivity contribution is 0.309. The van der Waals surface area contributed by atoms with Crippen LogP contribution < -0.4 is 10.5 Å². The van der Waals surface area contributed by atoms with Gasteiger partial charge in [0.25, 0.3) is 0 Å². The zero-order valence-electron chi connectivity index (χ0n) is 12.0. The van der Waals surface area contributed by atoms with E-state index in [4.69, 9.17) is 17.3 Å². The summed E-state index contributed by atoms with van der Waals surface area (Å²) in [5, 5.41) is 0.218.